The molecule has 0 spiro atoms. The van der Waals surface area contributed by atoms with Crippen molar-refractivity contribution in [1.29, 1.82) is 0 Å². The van der Waals surface area contributed by atoms with E-state index in [0.29, 0.717) is 24.7 Å². The lowest BCUT2D eigenvalue weighted by molar-refractivity contribution is -0.150. The second-order valence-corrected chi connectivity index (χ2v) is 11.9. The third kappa shape index (κ3) is 10.3. The molecule has 0 aliphatic carbocycles. The van der Waals surface area contributed by atoms with Crippen molar-refractivity contribution in [2.45, 2.75) is 34.6 Å². The zero-order valence-electron chi connectivity index (χ0n) is 29.1. The van der Waals surface area contributed by atoms with E-state index in [1.807, 2.05) is 0 Å². The molecule has 0 aliphatic rings. The van der Waals surface area contributed by atoms with Gasteiger partial charge in [-0.25, -0.2) is 4.79 Å². The summed E-state index contributed by atoms with van der Waals surface area (Å²) in [4.78, 5) is 56.3. The Hall–Kier alpha value is -3.98. The smallest absolute Gasteiger partial charge is 0.359 e. The molecule has 0 atom stereocenters. The standard InChI is InChI=1S/C33H48N2O12/c1-11-45-29(37)25-27(47-31(39)33(4,5)21-44-19-17-41-9)26(46-30(38)32(2,3)20-43-18-16-40-8)24(28(36)34(6)7)35(25)22-12-14-23(42-10)15-13-22/h12-15H,11,16-21H2,1-10H3. The van der Waals surface area contributed by atoms with Crippen LogP contribution in [-0.2, 0) is 33.3 Å². The van der Waals surface area contributed by atoms with Crippen molar-refractivity contribution < 1.29 is 57.1 Å². The molecule has 262 valence electrons. The van der Waals surface area contributed by atoms with E-state index in [4.69, 9.17) is 37.9 Å². The van der Waals surface area contributed by atoms with Gasteiger partial charge in [0, 0.05) is 34.0 Å². The fourth-order valence-corrected chi connectivity index (χ4v) is 4.02. The Kier molecular flexibility index (Phi) is 14.8. The summed E-state index contributed by atoms with van der Waals surface area (Å²) in [7, 11) is 7.52. The lowest BCUT2D eigenvalue weighted by Crippen LogP contribution is -2.36. The Labute approximate surface area is 276 Å². The maximum atomic E-state index is 13.9. The summed E-state index contributed by atoms with van der Waals surface area (Å²) in [6, 6.07) is 6.41. The first-order valence-corrected chi connectivity index (χ1v) is 15.1. The minimum atomic E-state index is -1.25. The molecule has 0 aliphatic heterocycles. The van der Waals surface area contributed by atoms with Gasteiger partial charge < -0.3 is 42.8 Å². The van der Waals surface area contributed by atoms with Crippen molar-refractivity contribution in [3.63, 3.8) is 0 Å². The van der Waals surface area contributed by atoms with E-state index in [1.54, 1.807) is 58.9 Å². The molecule has 1 aromatic heterocycles. The second-order valence-electron chi connectivity index (χ2n) is 11.9. The molecule has 1 amide bonds. The van der Waals surface area contributed by atoms with Crippen molar-refractivity contribution in [3.8, 4) is 22.9 Å². The third-order valence-electron chi connectivity index (χ3n) is 6.78. The van der Waals surface area contributed by atoms with Gasteiger partial charge >= 0.3 is 17.9 Å². The van der Waals surface area contributed by atoms with Crippen LogP contribution in [0.1, 0.15) is 55.6 Å². The molecule has 0 fully saturated rings. The maximum Gasteiger partial charge on any atom is 0.359 e. The molecule has 14 heteroatoms. The Balaban J connectivity index is 2.89. The summed E-state index contributed by atoms with van der Waals surface area (Å²) >= 11 is 0. The van der Waals surface area contributed by atoms with Gasteiger partial charge in [-0.3, -0.25) is 19.0 Å². The van der Waals surface area contributed by atoms with E-state index in [9.17, 15) is 19.2 Å². The van der Waals surface area contributed by atoms with Crippen LogP contribution in [0.25, 0.3) is 5.69 Å². The summed E-state index contributed by atoms with van der Waals surface area (Å²) in [6.45, 7) is 8.86. The van der Waals surface area contributed by atoms with Gasteiger partial charge in [0.1, 0.15) is 5.75 Å². The molecule has 2 rings (SSSR count). The first kappa shape index (κ1) is 39.2. The number of rotatable bonds is 19. The zero-order valence-corrected chi connectivity index (χ0v) is 29.1. The molecular weight excluding hydrogens is 616 g/mol. The molecule has 0 radical (unpaired) electrons. The molecule has 1 aromatic carbocycles. The summed E-state index contributed by atoms with van der Waals surface area (Å²) < 4.78 is 45.0. The highest BCUT2D eigenvalue weighted by Gasteiger charge is 2.42. The van der Waals surface area contributed by atoms with E-state index >= 15 is 0 Å². The van der Waals surface area contributed by atoms with E-state index in [1.165, 1.54) is 44.9 Å². The van der Waals surface area contributed by atoms with Gasteiger partial charge in [-0.2, -0.15) is 0 Å². The Morgan fingerprint density at radius 3 is 1.60 bits per heavy atom. The van der Waals surface area contributed by atoms with Crippen molar-refractivity contribution >= 4 is 23.8 Å². The Morgan fingerprint density at radius 1 is 0.723 bits per heavy atom. The van der Waals surface area contributed by atoms with Gasteiger partial charge in [0.15, 0.2) is 11.4 Å². The molecule has 1 heterocycles. The number of amides is 1. The molecule has 0 bridgehead atoms. The molecule has 2 aromatic rings. The molecular formula is C33H48N2O12. The quantitative estimate of drug-likeness (QED) is 0.160. The van der Waals surface area contributed by atoms with E-state index < -0.39 is 46.1 Å². The van der Waals surface area contributed by atoms with E-state index in [0.717, 1.165) is 0 Å². The van der Waals surface area contributed by atoms with Crippen LogP contribution in [0.3, 0.4) is 0 Å². The second kappa shape index (κ2) is 17.8. The minimum Gasteiger partial charge on any atom is -0.497 e. The lowest BCUT2D eigenvalue weighted by atomic mass is 9.95. The topological polar surface area (TPSA) is 150 Å². The summed E-state index contributed by atoms with van der Waals surface area (Å²) in [5.41, 5.74) is -2.80. The van der Waals surface area contributed by atoms with Crippen LogP contribution in [0.4, 0.5) is 0 Å². The van der Waals surface area contributed by atoms with Gasteiger partial charge in [0.25, 0.3) is 5.91 Å². The average molecular weight is 665 g/mol. The summed E-state index contributed by atoms with van der Waals surface area (Å²) in [5.74, 6) is -3.64. The van der Waals surface area contributed by atoms with Gasteiger partial charge in [-0.05, 0) is 58.9 Å². The predicted molar refractivity (Wildman–Crippen MR) is 171 cm³/mol. The molecule has 0 unspecified atom stereocenters. The van der Waals surface area contributed by atoms with Gasteiger partial charge in [-0.15, -0.1) is 0 Å². The lowest BCUT2D eigenvalue weighted by Gasteiger charge is -2.24. The van der Waals surface area contributed by atoms with Crippen molar-refractivity contribution in [3.05, 3.63) is 35.7 Å². The minimum absolute atomic E-state index is 0.0449. The van der Waals surface area contributed by atoms with Crippen molar-refractivity contribution in [1.82, 2.24) is 9.47 Å². The van der Waals surface area contributed by atoms with E-state index in [-0.39, 0.29) is 44.4 Å². The number of esters is 3. The van der Waals surface area contributed by atoms with Gasteiger partial charge in [0.05, 0.1) is 64.2 Å². The van der Waals surface area contributed by atoms with Crippen LogP contribution < -0.4 is 14.2 Å². The number of ether oxygens (including phenoxy) is 8. The SMILES string of the molecule is CCOC(=O)c1c(OC(=O)C(C)(C)COCCOC)c(OC(=O)C(C)(C)COCCOC)c(C(=O)N(C)C)n1-c1ccc(OC)cc1. The van der Waals surface area contributed by atoms with Crippen LogP contribution in [0.2, 0.25) is 0 Å². The zero-order chi connectivity index (χ0) is 35.4. The van der Waals surface area contributed by atoms with Crippen LogP contribution in [0, 0.1) is 10.8 Å². The monoisotopic (exact) mass is 664 g/mol. The number of nitrogens with zero attached hydrogens (tertiary/aromatic N) is 2. The number of hydrogen-bond donors (Lipinski definition) is 0. The molecule has 0 saturated carbocycles. The van der Waals surface area contributed by atoms with Gasteiger partial charge in [-0.1, -0.05) is 0 Å². The van der Waals surface area contributed by atoms with Crippen LogP contribution in [0.15, 0.2) is 24.3 Å². The largest absolute Gasteiger partial charge is 0.497 e. The van der Waals surface area contributed by atoms with E-state index in [2.05, 4.69) is 0 Å². The molecule has 0 N–H and O–H groups in total. The molecule has 0 saturated heterocycles. The average Bonchev–Trinajstić information content (AvgIpc) is 3.34. The number of carbonyl (C=O) groups excluding carboxylic acids is 4. The number of methoxy groups -OCH3 is 3. The Bertz CT molecular complexity index is 1360. The van der Waals surface area contributed by atoms with Crippen LogP contribution in [0.5, 0.6) is 17.2 Å². The van der Waals surface area contributed by atoms with Crippen molar-refractivity contribution in [2.75, 3.05) is 81.7 Å². The Morgan fingerprint density at radius 2 is 1.19 bits per heavy atom. The fraction of sp³-hybridized carbons (Fsp3) is 0.576. The molecule has 47 heavy (non-hydrogen) atoms. The number of carbonyl (C=O) groups is 4. The fourth-order valence-electron chi connectivity index (χ4n) is 4.02. The number of hydrogen-bond acceptors (Lipinski definition) is 12. The summed E-state index contributed by atoms with van der Waals surface area (Å²) in [5, 5.41) is 0. The van der Waals surface area contributed by atoms with Crippen LogP contribution in [-0.4, -0.2) is 115 Å². The van der Waals surface area contributed by atoms with Crippen molar-refractivity contribution in [2.24, 2.45) is 10.8 Å². The maximum absolute atomic E-state index is 13.9. The predicted octanol–water partition coefficient (Wildman–Crippen LogP) is 3.55. The first-order chi connectivity index (χ1) is 22.2. The first-order valence-electron chi connectivity index (χ1n) is 15.1. The normalized spacial score (nSPS) is 11.6. The van der Waals surface area contributed by atoms with Gasteiger partial charge in [0.2, 0.25) is 11.5 Å². The number of aromatic nitrogens is 1. The molecule has 14 nitrogen and oxygen atoms in total. The number of benzene rings is 1. The highest BCUT2D eigenvalue weighted by atomic mass is 16.6. The highest BCUT2D eigenvalue weighted by Crippen LogP contribution is 2.43. The van der Waals surface area contributed by atoms with Crippen LogP contribution >= 0.6 is 0 Å². The highest BCUT2D eigenvalue weighted by molar-refractivity contribution is 6.04. The summed E-state index contributed by atoms with van der Waals surface area (Å²) in [6.07, 6.45) is 0. The third-order valence-corrected chi connectivity index (χ3v) is 6.78.